The molecule has 0 radical (unpaired) electrons. The molecule has 4 nitrogen and oxygen atoms in total. The molecule has 2 rings (SSSR count). The number of methoxy groups -OCH3 is 1. The zero-order chi connectivity index (χ0) is 13.0. The monoisotopic (exact) mass is 244 g/mol. The van der Waals surface area contributed by atoms with Gasteiger partial charge in [0.15, 0.2) is 0 Å². The van der Waals surface area contributed by atoms with Gasteiger partial charge in [0.25, 0.3) is 0 Å². The van der Waals surface area contributed by atoms with Crippen LogP contribution in [0.3, 0.4) is 0 Å². The van der Waals surface area contributed by atoms with Crippen LogP contribution in [-0.4, -0.2) is 12.2 Å². The van der Waals surface area contributed by atoms with E-state index in [1.54, 1.807) is 25.3 Å². The van der Waals surface area contributed by atoms with Gasteiger partial charge in [-0.3, -0.25) is 5.84 Å². The number of benzene rings is 2. The Morgan fingerprint density at radius 3 is 2.44 bits per heavy atom. The average Bonchev–Trinajstić information content (AvgIpc) is 2.42. The summed E-state index contributed by atoms with van der Waals surface area (Å²) in [7, 11) is 1.56. The maximum atomic E-state index is 10.0. The average molecular weight is 244 g/mol. The molecule has 18 heavy (non-hydrogen) atoms. The zero-order valence-corrected chi connectivity index (χ0v) is 10.1. The molecular weight excluding hydrogens is 228 g/mol. The van der Waals surface area contributed by atoms with Crippen LogP contribution in [0.15, 0.2) is 48.5 Å². The first-order valence-corrected chi connectivity index (χ1v) is 5.64. The lowest BCUT2D eigenvalue weighted by Gasteiger charge is -2.18. The summed E-state index contributed by atoms with van der Waals surface area (Å²) in [5.41, 5.74) is 4.41. The van der Waals surface area contributed by atoms with Gasteiger partial charge in [0, 0.05) is 11.6 Å². The molecule has 0 aliphatic heterocycles. The SMILES string of the molecule is COc1ccc(C(NN)c2ccccc2)c(O)c1. The molecular formula is C14H16N2O2. The Bertz CT molecular complexity index is 514. The van der Waals surface area contributed by atoms with E-state index in [-0.39, 0.29) is 11.8 Å². The minimum atomic E-state index is -0.253. The van der Waals surface area contributed by atoms with Gasteiger partial charge in [-0.2, -0.15) is 0 Å². The Labute approximate surface area is 106 Å². The number of phenols is 1. The summed E-state index contributed by atoms with van der Waals surface area (Å²) in [4.78, 5) is 0. The largest absolute Gasteiger partial charge is 0.507 e. The highest BCUT2D eigenvalue weighted by Crippen LogP contribution is 2.31. The fourth-order valence-corrected chi connectivity index (χ4v) is 1.91. The van der Waals surface area contributed by atoms with E-state index < -0.39 is 0 Å². The third-order valence-corrected chi connectivity index (χ3v) is 2.85. The molecule has 1 atom stereocenters. The van der Waals surface area contributed by atoms with Crippen LogP contribution < -0.4 is 16.0 Å². The van der Waals surface area contributed by atoms with Gasteiger partial charge in [-0.05, 0) is 17.7 Å². The second-order valence-electron chi connectivity index (χ2n) is 3.94. The molecule has 0 aromatic heterocycles. The lowest BCUT2D eigenvalue weighted by atomic mass is 9.98. The second-order valence-corrected chi connectivity index (χ2v) is 3.94. The second kappa shape index (κ2) is 5.53. The third kappa shape index (κ3) is 2.45. The van der Waals surface area contributed by atoms with Crippen molar-refractivity contribution in [1.29, 1.82) is 0 Å². The predicted octanol–water partition coefficient (Wildman–Crippen LogP) is 1.95. The highest BCUT2D eigenvalue weighted by molar-refractivity contribution is 5.45. The predicted molar refractivity (Wildman–Crippen MR) is 70.3 cm³/mol. The molecule has 0 saturated heterocycles. The van der Waals surface area contributed by atoms with E-state index in [1.807, 2.05) is 30.3 Å². The number of hydrazine groups is 1. The van der Waals surface area contributed by atoms with Gasteiger partial charge in [-0.1, -0.05) is 30.3 Å². The number of nitrogens with one attached hydrogen (secondary N) is 1. The lowest BCUT2D eigenvalue weighted by Crippen LogP contribution is -2.28. The molecule has 0 fully saturated rings. The maximum absolute atomic E-state index is 10.0. The Morgan fingerprint density at radius 2 is 1.89 bits per heavy atom. The molecule has 0 aliphatic carbocycles. The lowest BCUT2D eigenvalue weighted by molar-refractivity contribution is 0.405. The summed E-state index contributed by atoms with van der Waals surface area (Å²) in [5.74, 6) is 6.35. The summed E-state index contributed by atoms with van der Waals surface area (Å²) in [6.45, 7) is 0. The molecule has 0 saturated carbocycles. The van der Waals surface area contributed by atoms with E-state index >= 15 is 0 Å². The van der Waals surface area contributed by atoms with Gasteiger partial charge in [0.2, 0.25) is 0 Å². The summed E-state index contributed by atoms with van der Waals surface area (Å²) < 4.78 is 5.06. The van der Waals surface area contributed by atoms with E-state index in [0.29, 0.717) is 11.3 Å². The number of aromatic hydroxyl groups is 1. The van der Waals surface area contributed by atoms with Crippen molar-refractivity contribution >= 4 is 0 Å². The molecule has 0 bridgehead atoms. The Morgan fingerprint density at radius 1 is 1.17 bits per heavy atom. The summed E-state index contributed by atoms with van der Waals surface area (Å²) in [5, 5.41) is 10.0. The van der Waals surface area contributed by atoms with Crippen molar-refractivity contribution in [2.45, 2.75) is 6.04 Å². The van der Waals surface area contributed by atoms with E-state index in [9.17, 15) is 5.11 Å². The standard InChI is InChI=1S/C14H16N2O2/c1-18-11-7-8-12(13(17)9-11)14(16-15)10-5-3-2-4-6-10/h2-9,14,16-17H,15H2,1H3. The molecule has 94 valence electrons. The van der Waals surface area contributed by atoms with Crippen molar-refractivity contribution in [3.05, 3.63) is 59.7 Å². The molecule has 0 heterocycles. The number of rotatable bonds is 4. The van der Waals surface area contributed by atoms with Crippen LogP contribution in [0.5, 0.6) is 11.5 Å². The molecule has 1 unspecified atom stereocenters. The minimum Gasteiger partial charge on any atom is -0.507 e. The van der Waals surface area contributed by atoms with E-state index in [2.05, 4.69) is 5.43 Å². The number of ether oxygens (including phenoxy) is 1. The third-order valence-electron chi connectivity index (χ3n) is 2.85. The van der Waals surface area contributed by atoms with Crippen molar-refractivity contribution in [3.63, 3.8) is 0 Å². The first kappa shape index (κ1) is 12.4. The molecule has 4 N–H and O–H groups in total. The van der Waals surface area contributed by atoms with Crippen LogP contribution in [0.1, 0.15) is 17.2 Å². The summed E-state index contributed by atoms with van der Waals surface area (Å²) in [6.07, 6.45) is 0. The molecule has 0 aliphatic rings. The smallest absolute Gasteiger partial charge is 0.124 e. The van der Waals surface area contributed by atoms with Crippen LogP contribution in [0, 0.1) is 0 Å². The molecule has 0 amide bonds. The van der Waals surface area contributed by atoms with E-state index in [1.165, 1.54) is 0 Å². The van der Waals surface area contributed by atoms with Crippen molar-refractivity contribution in [1.82, 2.24) is 5.43 Å². The Balaban J connectivity index is 2.39. The number of phenolic OH excluding ortho intramolecular Hbond substituents is 1. The fourth-order valence-electron chi connectivity index (χ4n) is 1.91. The zero-order valence-electron chi connectivity index (χ0n) is 10.1. The number of nitrogens with two attached hydrogens (primary N) is 1. The van der Waals surface area contributed by atoms with Crippen LogP contribution in [-0.2, 0) is 0 Å². The first-order valence-electron chi connectivity index (χ1n) is 5.64. The van der Waals surface area contributed by atoms with Crippen LogP contribution in [0.4, 0.5) is 0 Å². The summed E-state index contributed by atoms with van der Waals surface area (Å²) >= 11 is 0. The van der Waals surface area contributed by atoms with Gasteiger partial charge in [0.05, 0.1) is 13.2 Å². The molecule has 2 aromatic rings. The quantitative estimate of drug-likeness (QED) is 0.568. The minimum absolute atomic E-state index is 0.154. The Kier molecular flexibility index (Phi) is 3.82. The van der Waals surface area contributed by atoms with Gasteiger partial charge < -0.3 is 9.84 Å². The van der Waals surface area contributed by atoms with Gasteiger partial charge >= 0.3 is 0 Å². The topological polar surface area (TPSA) is 67.5 Å². The van der Waals surface area contributed by atoms with Gasteiger partial charge in [-0.15, -0.1) is 0 Å². The van der Waals surface area contributed by atoms with Crippen LogP contribution in [0.25, 0.3) is 0 Å². The Hall–Kier alpha value is -2.04. The number of hydrogen-bond donors (Lipinski definition) is 3. The van der Waals surface area contributed by atoms with Crippen molar-refractivity contribution in [2.75, 3.05) is 7.11 Å². The highest BCUT2D eigenvalue weighted by atomic mass is 16.5. The van der Waals surface area contributed by atoms with E-state index in [4.69, 9.17) is 10.6 Å². The fraction of sp³-hybridized carbons (Fsp3) is 0.143. The molecule has 0 spiro atoms. The van der Waals surface area contributed by atoms with Crippen LogP contribution >= 0.6 is 0 Å². The van der Waals surface area contributed by atoms with Gasteiger partial charge in [0.1, 0.15) is 11.5 Å². The van der Waals surface area contributed by atoms with Gasteiger partial charge in [-0.25, -0.2) is 5.43 Å². The van der Waals surface area contributed by atoms with Crippen molar-refractivity contribution < 1.29 is 9.84 Å². The first-order chi connectivity index (χ1) is 8.76. The number of hydrogen-bond acceptors (Lipinski definition) is 4. The van der Waals surface area contributed by atoms with Crippen molar-refractivity contribution in [3.8, 4) is 11.5 Å². The maximum Gasteiger partial charge on any atom is 0.124 e. The highest BCUT2D eigenvalue weighted by Gasteiger charge is 2.16. The normalized spacial score (nSPS) is 12.1. The van der Waals surface area contributed by atoms with Crippen LogP contribution in [0.2, 0.25) is 0 Å². The van der Waals surface area contributed by atoms with E-state index in [0.717, 1.165) is 5.56 Å². The molecule has 4 heteroatoms. The summed E-state index contributed by atoms with van der Waals surface area (Å²) in [6, 6.07) is 14.6. The molecule has 2 aromatic carbocycles. The van der Waals surface area contributed by atoms with Crippen molar-refractivity contribution in [2.24, 2.45) is 5.84 Å².